The topological polar surface area (TPSA) is 65.5 Å². The predicted molar refractivity (Wildman–Crippen MR) is 118 cm³/mol. The molecule has 0 radical (unpaired) electrons. The third-order valence-electron chi connectivity index (χ3n) is 4.87. The van der Waals surface area contributed by atoms with Gasteiger partial charge in [0.05, 0.1) is 10.6 Å². The van der Waals surface area contributed by atoms with E-state index in [2.05, 4.69) is 27.3 Å². The van der Waals surface area contributed by atoms with Gasteiger partial charge in [0.25, 0.3) is 5.91 Å². The first-order valence-electron chi connectivity index (χ1n) is 9.56. The first-order chi connectivity index (χ1) is 14.2. The maximum Gasteiger partial charge on any atom is 0.267 e. The second-order valence-corrected chi connectivity index (χ2v) is 8.58. The van der Waals surface area contributed by atoms with Crippen molar-refractivity contribution in [2.24, 2.45) is 0 Å². The number of hydrogen-bond acceptors (Lipinski definition) is 6. The fourth-order valence-corrected chi connectivity index (χ4v) is 4.65. The number of amides is 2. The number of nitrogens with zero attached hydrogens (tertiary/aromatic N) is 3. The van der Waals surface area contributed by atoms with Gasteiger partial charge >= 0.3 is 0 Å². The first kappa shape index (κ1) is 19.6. The summed E-state index contributed by atoms with van der Waals surface area (Å²) >= 11 is 2.79. The maximum atomic E-state index is 12.6. The van der Waals surface area contributed by atoms with E-state index < -0.39 is 0 Å². The number of thiazole rings is 1. The standard InChI is InChI=1S/C21H22N4O2S2/c26-19(25-12-10-24(11-13-25)17-5-2-1-3-6-17)9-8-16-15-29-21(22-16)23-20(27)18-7-4-14-28-18/h1-7,14-15H,8-13H2,(H,22,23,27). The molecule has 29 heavy (non-hydrogen) atoms. The van der Waals surface area contributed by atoms with E-state index in [0.29, 0.717) is 22.9 Å². The van der Waals surface area contributed by atoms with Crippen LogP contribution in [0.5, 0.6) is 0 Å². The molecule has 2 amide bonds. The molecule has 150 valence electrons. The molecule has 1 fully saturated rings. The highest BCUT2D eigenvalue weighted by Crippen LogP contribution is 2.20. The van der Waals surface area contributed by atoms with Crippen LogP contribution in [0.3, 0.4) is 0 Å². The zero-order chi connectivity index (χ0) is 20.1. The van der Waals surface area contributed by atoms with E-state index in [1.165, 1.54) is 28.4 Å². The van der Waals surface area contributed by atoms with Crippen molar-refractivity contribution in [2.75, 3.05) is 36.4 Å². The van der Waals surface area contributed by atoms with Gasteiger partial charge in [0.1, 0.15) is 0 Å². The van der Waals surface area contributed by atoms with Gasteiger partial charge in [-0.1, -0.05) is 24.3 Å². The average Bonchev–Trinajstić information content (AvgIpc) is 3.45. The molecule has 0 atom stereocenters. The lowest BCUT2D eigenvalue weighted by Crippen LogP contribution is -2.48. The van der Waals surface area contributed by atoms with Crippen molar-refractivity contribution in [1.82, 2.24) is 9.88 Å². The number of thiophene rings is 1. The zero-order valence-electron chi connectivity index (χ0n) is 15.9. The number of nitrogens with one attached hydrogen (secondary N) is 1. The summed E-state index contributed by atoms with van der Waals surface area (Å²) in [6, 6.07) is 13.9. The fraction of sp³-hybridized carbons (Fsp3) is 0.286. The number of aromatic nitrogens is 1. The molecule has 1 aliphatic rings. The second kappa shape index (κ2) is 9.19. The Balaban J connectivity index is 1.23. The van der Waals surface area contributed by atoms with Crippen LogP contribution in [0.1, 0.15) is 21.8 Å². The molecule has 3 heterocycles. The van der Waals surface area contributed by atoms with E-state index in [-0.39, 0.29) is 11.8 Å². The lowest BCUT2D eigenvalue weighted by Gasteiger charge is -2.36. The number of para-hydroxylation sites is 1. The van der Waals surface area contributed by atoms with Crippen molar-refractivity contribution in [1.29, 1.82) is 0 Å². The number of carbonyl (C=O) groups is 2. The maximum absolute atomic E-state index is 12.6. The molecule has 0 unspecified atom stereocenters. The molecule has 8 heteroatoms. The Morgan fingerprint density at radius 1 is 1.00 bits per heavy atom. The molecule has 0 saturated carbocycles. The number of aryl methyl sites for hydroxylation is 1. The van der Waals surface area contributed by atoms with Crippen LogP contribution in [-0.4, -0.2) is 47.9 Å². The number of rotatable bonds is 6. The fourth-order valence-electron chi connectivity index (χ4n) is 3.29. The molecule has 2 aromatic heterocycles. The SMILES string of the molecule is O=C(Nc1nc(CCC(=O)N2CCN(c3ccccc3)CC2)cs1)c1cccs1. The van der Waals surface area contributed by atoms with Crippen LogP contribution in [0, 0.1) is 0 Å². The van der Waals surface area contributed by atoms with Gasteiger partial charge < -0.3 is 9.80 Å². The molecule has 0 aliphatic carbocycles. The predicted octanol–water partition coefficient (Wildman–Crippen LogP) is 3.74. The molecule has 1 N–H and O–H groups in total. The van der Waals surface area contributed by atoms with E-state index in [0.717, 1.165) is 31.9 Å². The third kappa shape index (κ3) is 5.02. The van der Waals surface area contributed by atoms with Crippen molar-refractivity contribution in [3.63, 3.8) is 0 Å². The molecule has 1 saturated heterocycles. The van der Waals surface area contributed by atoms with Crippen molar-refractivity contribution in [3.8, 4) is 0 Å². The van der Waals surface area contributed by atoms with Gasteiger partial charge in [-0.15, -0.1) is 22.7 Å². The summed E-state index contributed by atoms with van der Waals surface area (Å²) in [5.41, 5.74) is 2.05. The summed E-state index contributed by atoms with van der Waals surface area (Å²) in [5.74, 6) is 0.0168. The molecule has 6 nitrogen and oxygen atoms in total. The summed E-state index contributed by atoms with van der Waals surface area (Å²) < 4.78 is 0. The van der Waals surface area contributed by atoms with Gasteiger partial charge in [0, 0.05) is 43.7 Å². The van der Waals surface area contributed by atoms with Gasteiger partial charge in [-0.3, -0.25) is 14.9 Å². The molecule has 1 aliphatic heterocycles. The van der Waals surface area contributed by atoms with E-state index in [4.69, 9.17) is 0 Å². The molecular formula is C21H22N4O2S2. The smallest absolute Gasteiger partial charge is 0.267 e. The summed E-state index contributed by atoms with van der Waals surface area (Å²) in [6.45, 7) is 3.19. The van der Waals surface area contributed by atoms with Crippen molar-refractivity contribution >= 4 is 45.3 Å². The Labute approximate surface area is 177 Å². The Hall–Kier alpha value is -2.71. The summed E-state index contributed by atoms with van der Waals surface area (Å²) in [4.78, 5) is 34.0. The molecule has 0 bridgehead atoms. The quantitative estimate of drug-likeness (QED) is 0.652. The van der Waals surface area contributed by atoms with Crippen LogP contribution < -0.4 is 10.2 Å². The Bertz CT molecular complexity index is 948. The minimum Gasteiger partial charge on any atom is -0.368 e. The third-order valence-corrected chi connectivity index (χ3v) is 6.54. The summed E-state index contributed by atoms with van der Waals surface area (Å²) in [5, 5.41) is 7.16. The lowest BCUT2D eigenvalue weighted by atomic mass is 10.2. The number of piperazine rings is 1. The van der Waals surface area contributed by atoms with Gasteiger partial charge in [0.2, 0.25) is 5.91 Å². The number of carbonyl (C=O) groups excluding carboxylic acids is 2. The van der Waals surface area contributed by atoms with Crippen LogP contribution in [-0.2, 0) is 11.2 Å². The zero-order valence-corrected chi connectivity index (χ0v) is 17.5. The van der Waals surface area contributed by atoms with Crippen LogP contribution >= 0.6 is 22.7 Å². The number of benzene rings is 1. The highest BCUT2D eigenvalue weighted by Gasteiger charge is 2.21. The average molecular weight is 427 g/mol. The van der Waals surface area contributed by atoms with Crippen molar-refractivity contribution < 1.29 is 9.59 Å². The lowest BCUT2D eigenvalue weighted by molar-refractivity contribution is -0.131. The van der Waals surface area contributed by atoms with E-state index in [9.17, 15) is 9.59 Å². The van der Waals surface area contributed by atoms with Crippen LogP contribution in [0.2, 0.25) is 0 Å². The van der Waals surface area contributed by atoms with Crippen LogP contribution in [0.4, 0.5) is 10.8 Å². The number of hydrogen-bond donors (Lipinski definition) is 1. The van der Waals surface area contributed by atoms with Gasteiger partial charge in [-0.2, -0.15) is 0 Å². The van der Waals surface area contributed by atoms with Crippen molar-refractivity contribution in [2.45, 2.75) is 12.8 Å². The van der Waals surface area contributed by atoms with E-state index in [1.807, 2.05) is 39.9 Å². The van der Waals surface area contributed by atoms with Crippen molar-refractivity contribution in [3.05, 3.63) is 63.8 Å². The summed E-state index contributed by atoms with van der Waals surface area (Å²) in [6.07, 6.45) is 1.02. The first-order valence-corrected chi connectivity index (χ1v) is 11.3. The Kier molecular flexibility index (Phi) is 6.21. The molecule has 0 spiro atoms. The largest absolute Gasteiger partial charge is 0.368 e. The Morgan fingerprint density at radius 2 is 1.79 bits per heavy atom. The second-order valence-electron chi connectivity index (χ2n) is 6.78. The molecule has 1 aromatic carbocycles. The Morgan fingerprint density at radius 3 is 2.52 bits per heavy atom. The van der Waals surface area contributed by atoms with Crippen LogP contribution in [0.15, 0.2) is 53.2 Å². The van der Waals surface area contributed by atoms with E-state index >= 15 is 0 Å². The van der Waals surface area contributed by atoms with Gasteiger partial charge in [-0.25, -0.2) is 4.98 Å². The normalized spacial score (nSPS) is 14.1. The minimum absolute atomic E-state index is 0.145. The van der Waals surface area contributed by atoms with Gasteiger partial charge in [-0.05, 0) is 30.0 Å². The van der Waals surface area contributed by atoms with Crippen LogP contribution in [0.25, 0.3) is 0 Å². The molecule has 3 aromatic rings. The van der Waals surface area contributed by atoms with E-state index in [1.54, 1.807) is 6.07 Å². The molecule has 4 rings (SSSR count). The monoisotopic (exact) mass is 426 g/mol. The minimum atomic E-state index is -0.145. The summed E-state index contributed by atoms with van der Waals surface area (Å²) in [7, 11) is 0. The highest BCUT2D eigenvalue weighted by molar-refractivity contribution is 7.14. The number of anilines is 2. The molecular weight excluding hydrogens is 404 g/mol. The van der Waals surface area contributed by atoms with Gasteiger partial charge in [0.15, 0.2) is 5.13 Å². The highest BCUT2D eigenvalue weighted by atomic mass is 32.1.